The molecule has 2 atom stereocenters. The molecule has 0 aromatic carbocycles. The van der Waals surface area contributed by atoms with Gasteiger partial charge in [-0.2, -0.15) is 0 Å². The summed E-state index contributed by atoms with van der Waals surface area (Å²) in [7, 11) is -1.23. The Morgan fingerprint density at radius 2 is 1.46 bits per heavy atom. The molecule has 0 spiro atoms. The number of hydrogen-bond donors (Lipinski definition) is 0. The van der Waals surface area contributed by atoms with Gasteiger partial charge in [-0.05, 0) is 25.2 Å². The van der Waals surface area contributed by atoms with E-state index in [1.54, 1.807) is 7.11 Å². The number of ether oxygens (including phenoxy) is 1. The minimum absolute atomic E-state index is 0.335. The molecule has 0 aromatic rings. The molecule has 0 fully saturated rings. The monoisotopic (exact) mass is 364 g/mol. The van der Waals surface area contributed by atoms with Gasteiger partial charge in [0.15, 0.2) is 0 Å². The summed E-state index contributed by atoms with van der Waals surface area (Å²) in [5, 5.41) is 0. The van der Waals surface area contributed by atoms with Crippen LogP contribution in [0.25, 0.3) is 0 Å². The molecule has 0 rings (SSSR count). The summed E-state index contributed by atoms with van der Waals surface area (Å²) in [5.74, 6) is 0.335. The van der Waals surface area contributed by atoms with Crippen molar-refractivity contribution in [3.05, 3.63) is 0 Å². The van der Waals surface area contributed by atoms with Gasteiger partial charge in [0.2, 0.25) is 0 Å². The maximum atomic E-state index is 12.8. The molecule has 24 heavy (non-hydrogen) atoms. The van der Waals surface area contributed by atoms with E-state index in [9.17, 15) is 4.57 Å². The van der Waals surface area contributed by atoms with Crippen molar-refractivity contribution in [3.63, 3.8) is 0 Å². The summed E-state index contributed by atoms with van der Waals surface area (Å²) in [5.41, 5.74) is 0. The van der Waals surface area contributed by atoms with Gasteiger partial charge in [0, 0.05) is 13.7 Å². The Morgan fingerprint density at radius 1 is 0.833 bits per heavy atom. The van der Waals surface area contributed by atoms with E-state index in [0.29, 0.717) is 31.9 Å². The van der Waals surface area contributed by atoms with E-state index in [0.717, 1.165) is 32.1 Å². The van der Waals surface area contributed by atoms with Crippen LogP contribution in [-0.2, 0) is 18.3 Å². The average Bonchev–Trinajstić information content (AvgIpc) is 2.59. The molecule has 0 saturated heterocycles. The molecule has 0 aliphatic rings. The van der Waals surface area contributed by atoms with Gasteiger partial charge < -0.3 is 13.8 Å². The maximum Gasteiger partial charge on any atom is 0.330 e. The predicted octanol–water partition coefficient (Wildman–Crippen LogP) is 6.44. The Labute approximate surface area is 150 Å². The Bertz CT molecular complexity index is 310. The minimum Gasteiger partial charge on any atom is -0.385 e. The third kappa shape index (κ3) is 14.5. The van der Waals surface area contributed by atoms with Gasteiger partial charge in [0.05, 0.1) is 19.4 Å². The Hall–Kier alpha value is 0.110. The zero-order chi connectivity index (χ0) is 18.1. The SMILES string of the molecule is CCCCCCCCCOP(=O)(CCCC)OCC(C)CCOC. The quantitative estimate of drug-likeness (QED) is 0.207. The number of unbranched alkanes of at least 4 members (excludes halogenated alkanes) is 7. The van der Waals surface area contributed by atoms with Crippen molar-refractivity contribution in [3.8, 4) is 0 Å². The van der Waals surface area contributed by atoms with Gasteiger partial charge in [-0.3, -0.25) is 4.57 Å². The Morgan fingerprint density at radius 3 is 2.08 bits per heavy atom. The number of methoxy groups -OCH3 is 1. The summed E-state index contributed by atoms with van der Waals surface area (Å²) >= 11 is 0. The highest BCUT2D eigenvalue weighted by Crippen LogP contribution is 2.49. The van der Waals surface area contributed by atoms with Crippen LogP contribution >= 0.6 is 7.60 Å². The van der Waals surface area contributed by atoms with Crippen LogP contribution in [0.2, 0.25) is 0 Å². The molecule has 0 aliphatic carbocycles. The highest BCUT2D eigenvalue weighted by molar-refractivity contribution is 7.53. The molecular formula is C19H41O4P. The molecule has 0 heterocycles. The molecule has 4 nitrogen and oxygen atoms in total. The second kappa shape index (κ2) is 16.6. The Balaban J connectivity index is 3.98. The van der Waals surface area contributed by atoms with Gasteiger partial charge in [-0.25, -0.2) is 0 Å². The number of rotatable bonds is 18. The Kier molecular flexibility index (Phi) is 16.6. The predicted molar refractivity (Wildman–Crippen MR) is 103 cm³/mol. The average molecular weight is 365 g/mol. The van der Waals surface area contributed by atoms with Crippen molar-refractivity contribution in [2.75, 3.05) is 33.1 Å². The normalized spacial score (nSPS) is 15.3. The highest BCUT2D eigenvalue weighted by atomic mass is 31.2. The van der Waals surface area contributed by atoms with E-state index >= 15 is 0 Å². The van der Waals surface area contributed by atoms with Gasteiger partial charge in [0.25, 0.3) is 0 Å². The molecule has 146 valence electrons. The van der Waals surface area contributed by atoms with Crippen LogP contribution in [0.15, 0.2) is 0 Å². The molecule has 0 saturated carbocycles. The van der Waals surface area contributed by atoms with E-state index in [2.05, 4.69) is 20.8 Å². The van der Waals surface area contributed by atoms with E-state index < -0.39 is 7.60 Å². The molecule has 0 aliphatic heterocycles. The lowest BCUT2D eigenvalue weighted by molar-refractivity contribution is 0.144. The van der Waals surface area contributed by atoms with Crippen LogP contribution in [0, 0.1) is 5.92 Å². The smallest absolute Gasteiger partial charge is 0.330 e. The highest BCUT2D eigenvalue weighted by Gasteiger charge is 2.24. The second-order valence-electron chi connectivity index (χ2n) is 6.83. The minimum atomic E-state index is -2.93. The van der Waals surface area contributed by atoms with Crippen LogP contribution in [0.5, 0.6) is 0 Å². The van der Waals surface area contributed by atoms with Crippen LogP contribution in [0.4, 0.5) is 0 Å². The van der Waals surface area contributed by atoms with E-state index in [-0.39, 0.29) is 0 Å². The van der Waals surface area contributed by atoms with Gasteiger partial charge in [-0.15, -0.1) is 0 Å². The topological polar surface area (TPSA) is 44.8 Å². The lowest BCUT2D eigenvalue weighted by atomic mass is 10.1. The zero-order valence-electron chi connectivity index (χ0n) is 16.6. The molecular weight excluding hydrogens is 323 g/mol. The maximum absolute atomic E-state index is 12.8. The van der Waals surface area contributed by atoms with E-state index in [4.69, 9.17) is 13.8 Å². The fourth-order valence-corrected chi connectivity index (χ4v) is 4.35. The lowest BCUT2D eigenvalue weighted by Crippen LogP contribution is -2.10. The van der Waals surface area contributed by atoms with E-state index in [1.165, 1.54) is 32.1 Å². The van der Waals surface area contributed by atoms with Gasteiger partial charge in [-0.1, -0.05) is 65.7 Å². The van der Waals surface area contributed by atoms with Crippen molar-refractivity contribution < 1.29 is 18.3 Å². The first-order chi connectivity index (χ1) is 11.6. The summed E-state index contributed by atoms with van der Waals surface area (Å²) < 4.78 is 29.4. The van der Waals surface area contributed by atoms with E-state index in [1.807, 2.05) is 0 Å². The standard InChI is InChI=1S/C19H41O4P/c1-5-7-9-10-11-12-13-15-22-24(20,17-8-6-2)23-18-19(3)14-16-21-4/h19H,5-18H2,1-4H3. The van der Waals surface area contributed by atoms with Crippen LogP contribution in [0.3, 0.4) is 0 Å². The van der Waals surface area contributed by atoms with Crippen molar-refractivity contribution >= 4 is 7.60 Å². The van der Waals surface area contributed by atoms with Gasteiger partial charge in [0.1, 0.15) is 0 Å². The van der Waals surface area contributed by atoms with Gasteiger partial charge >= 0.3 is 7.60 Å². The zero-order valence-corrected chi connectivity index (χ0v) is 17.5. The van der Waals surface area contributed by atoms with Crippen molar-refractivity contribution in [1.82, 2.24) is 0 Å². The summed E-state index contributed by atoms with van der Waals surface area (Å²) in [6.07, 6.45) is 12.0. The largest absolute Gasteiger partial charge is 0.385 e. The lowest BCUT2D eigenvalue weighted by Gasteiger charge is -2.20. The first-order valence-corrected chi connectivity index (χ1v) is 11.7. The third-order valence-corrected chi connectivity index (χ3v) is 6.17. The van der Waals surface area contributed by atoms with Crippen molar-refractivity contribution in [1.29, 1.82) is 0 Å². The molecule has 0 aromatic heterocycles. The van der Waals surface area contributed by atoms with Crippen LogP contribution < -0.4 is 0 Å². The molecule has 0 amide bonds. The summed E-state index contributed by atoms with van der Waals surface area (Å²) in [6.45, 7) is 8.18. The van der Waals surface area contributed by atoms with Crippen molar-refractivity contribution in [2.24, 2.45) is 5.92 Å². The fourth-order valence-electron chi connectivity index (χ4n) is 2.42. The summed E-state index contributed by atoms with van der Waals surface area (Å²) in [6, 6.07) is 0. The molecule has 5 heteroatoms. The van der Waals surface area contributed by atoms with Crippen LogP contribution in [0.1, 0.15) is 85.0 Å². The number of hydrogen-bond acceptors (Lipinski definition) is 4. The second-order valence-corrected chi connectivity index (χ2v) is 9.01. The molecule has 0 radical (unpaired) electrons. The molecule has 0 bridgehead atoms. The van der Waals surface area contributed by atoms with Crippen LogP contribution in [-0.4, -0.2) is 33.1 Å². The molecule has 0 N–H and O–H groups in total. The first kappa shape index (κ1) is 24.1. The third-order valence-electron chi connectivity index (χ3n) is 4.19. The fraction of sp³-hybridized carbons (Fsp3) is 1.00. The summed E-state index contributed by atoms with van der Waals surface area (Å²) in [4.78, 5) is 0. The van der Waals surface area contributed by atoms with Crippen molar-refractivity contribution in [2.45, 2.75) is 85.0 Å². The first-order valence-electron chi connectivity index (χ1n) is 9.95. The molecule has 2 unspecified atom stereocenters.